The molecule has 20 heavy (non-hydrogen) atoms. The van der Waals surface area contributed by atoms with Crippen molar-refractivity contribution < 1.29 is 4.74 Å². The predicted octanol–water partition coefficient (Wildman–Crippen LogP) is 4.34. The molecule has 0 radical (unpaired) electrons. The number of hydrogen-bond donors (Lipinski definition) is 0. The van der Waals surface area contributed by atoms with Gasteiger partial charge in [0.25, 0.3) is 0 Å². The lowest BCUT2D eigenvalue weighted by atomic mass is 10.1. The van der Waals surface area contributed by atoms with E-state index >= 15 is 0 Å². The maximum atomic E-state index is 5.58. The summed E-state index contributed by atoms with van der Waals surface area (Å²) in [5, 5.41) is 0. The van der Waals surface area contributed by atoms with Crippen molar-refractivity contribution in [3.63, 3.8) is 0 Å². The van der Waals surface area contributed by atoms with E-state index in [-0.39, 0.29) is 0 Å². The Balaban J connectivity index is 1.88. The van der Waals surface area contributed by atoms with Crippen LogP contribution in [0.4, 0.5) is 11.4 Å². The Kier molecular flexibility index (Phi) is 3.64. The van der Waals surface area contributed by atoms with Crippen molar-refractivity contribution in [1.29, 1.82) is 0 Å². The monoisotopic (exact) mass is 267 g/mol. The van der Waals surface area contributed by atoms with Crippen LogP contribution in [0, 0.1) is 0 Å². The molecule has 0 aliphatic heterocycles. The predicted molar refractivity (Wildman–Crippen MR) is 84.1 cm³/mol. The first-order valence-electron chi connectivity index (χ1n) is 7.36. The molecule has 0 amide bonds. The normalized spacial score (nSPS) is 13.1. The SMILES string of the molecule is CCOc1cccc(N(C)c2ccc3c(c2)CCC3)c1. The van der Waals surface area contributed by atoms with Crippen LogP contribution in [0.2, 0.25) is 0 Å². The zero-order valence-corrected chi connectivity index (χ0v) is 12.2. The second-order valence-corrected chi connectivity index (χ2v) is 5.30. The van der Waals surface area contributed by atoms with Crippen molar-refractivity contribution in [2.24, 2.45) is 0 Å². The van der Waals surface area contributed by atoms with Crippen LogP contribution in [-0.2, 0) is 12.8 Å². The number of hydrogen-bond acceptors (Lipinski definition) is 2. The van der Waals surface area contributed by atoms with E-state index < -0.39 is 0 Å². The van der Waals surface area contributed by atoms with Crippen LogP contribution in [0.15, 0.2) is 42.5 Å². The van der Waals surface area contributed by atoms with Gasteiger partial charge in [-0.25, -0.2) is 0 Å². The molecule has 1 aliphatic rings. The molecule has 3 rings (SSSR count). The second-order valence-electron chi connectivity index (χ2n) is 5.30. The van der Waals surface area contributed by atoms with E-state index in [1.165, 1.54) is 36.1 Å². The molecule has 104 valence electrons. The minimum absolute atomic E-state index is 0.700. The first-order valence-corrected chi connectivity index (χ1v) is 7.36. The van der Waals surface area contributed by atoms with E-state index in [0.717, 1.165) is 11.4 Å². The van der Waals surface area contributed by atoms with Gasteiger partial charge in [0.1, 0.15) is 5.75 Å². The quantitative estimate of drug-likeness (QED) is 0.817. The Labute approximate surface area is 121 Å². The van der Waals surface area contributed by atoms with Crippen LogP contribution in [-0.4, -0.2) is 13.7 Å². The number of fused-ring (bicyclic) bond motifs is 1. The van der Waals surface area contributed by atoms with Gasteiger partial charge in [-0.3, -0.25) is 0 Å². The summed E-state index contributed by atoms with van der Waals surface area (Å²) in [6.45, 7) is 2.71. The van der Waals surface area contributed by atoms with Crippen LogP contribution < -0.4 is 9.64 Å². The summed E-state index contributed by atoms with van der Waals surface area (Å²) < 4.78 is 5.58. The lowest BCUT2D eigenvalue weighted by Gasteiger charge is -2.21. The molecule has 1 aliphatic carbocycles. The average Bonchev–Trinajstić information content (AvgIpc) is 2.94. The molecule has 2 aromatic carbocycles. The highest BCUT2D eigenvalue weighted by molar-refractivity contribution is 5.65. The maximum absolute atomic E-state index is 5.58. The Morgan fingerprint density at radius 3 is 2.65 bits per heavy atom. The molecule has 0 saturated carbocycles. The van der Waals surface area contributed by atoms with Gasteiger partial charge in [0.2, 0.25) is 0 Å². The summed E-state index contributed by atoms with van der Waals surface area (Å²) in [5.74, 6) is 0.929. The molecular weight excluding hydrogens is 246 g/mol. The number of aryl methyl sites for hydroxylation is 2. The highest BCUT2D eigenvalue weighted by Crippen LogP contribution is 2.31. The molecule has 0 aromatic heterocycles. The van der Waals surface area contributed by atoms with Gasteiger partial charge in [0.15, 0.2) is 0 Å². The van der Waals surface area contributed by atoms with E-state index in [2.05, 4.69) is 42.3 Å². The number of benzene rings is 2. The van der Waals surface area contributed by atoms with E-state index in [0.29, 0.717) is 6.61 Å². The minimum atomic E-state index is 0.700. The Hall–Kier alpha value is -1.96. The highest BCUT2D eigenvalue weighted by atomic mass is 16.5. The van der Waals surface area contributed by atoms with Crippen molar-refractivity contribution in [1.82, 2.24) is 0 Å². The van der Waals surface area contributed by atoms with Gasteiger partial charge in [0.05, 0.1) is 6.61 Å². The molecule has 0 unspecified atom stereocenters. The Morgan fingerprint density at radius 2 is 1.80 bits per heavy atom. The summed E-state index contributed by atoms with van der Waals surface area (Å²) in [5.41, 5.74) is 5.44. The van der Waals surface area contributed by atoms with Crippen molar-refractivity contribution in [2.45, 2.75) is 26.2 Å². The molecule has 2 nitrogen and oxygen atoms in total. The lowest BCUT2D eigenvalue weighted by molar-refractivity contribution is 0.340. The summed E-state index contributed by atoms with van der Waals surface area (Å²) in [7, 11) is 2.11. The van der Waals surface area contributed by atoms with Gasteiger partial charge in [-0.05, 0) is 61.6 Å². The number of rotatable bonds is 4. The fourth-order valence-corrected chi connectivity index (χ4v) is 2.86. The summed E-state index contributed by atoms with van der Waals surface area (Å²) in [4.78, 5) is 2.22. The fraction of sp³-hybridized carbons (Fsp3) is 0.333. The van der Waals surface area contributed by atoms with Crippen molar-refractivity contribution >= 4 is 11.4 Å². The molecule has 2 heteroatoms. The molecule has 0 fully saturated rings. The van der Waals surface area contributed by atoms with Crippen molar-refractivity contribution in [3.8, 4) is 5.75 Å². The van der Waals surface area contributed by atoms with Crippen LogP contribution in [0.5, 0.6) is 5.75 Å². The third-order valence-electron chi connectivity index (χ3n) is 3.99. The molecule has 2 aromatic rings. The lowest BCUT2D eigenvalue weighted by Crippen LogP contribution is -2.10. The fourth-order valence-electron chi connectivity index (χ4n) is 2.86. The van der Waals surface area contributed by atoms with E-state index in [1.807, 2.05) is 19.1 Å². The molecule has 0 atom stereocenters. The zero-order valence-electron chi connectivity index (χ0n) is 12.2. The van der Waals surface area contributed by atoms with Crippen LogP contribution in [0.25, 0.3) is 0 Å². The Bertz CT molecular complexity index is 606. The van der Waals surface area contributed by atoms with E-state index in [4.69, 9.17) is 4.74 Å². The first kappa shape index (κ1) is 13.0. The number of anilines is 2. The molecular formula is C18H21NO. The largest absolute Gasteiger partial charge is 0.494 e. The Morgan fingerprint density at radius 1 is 1.00 bits per heavy atom. The maximum Gasteiger partial charge on any atom is 0.121 e. The minimum Gasteiger partial charge on any atom is -0.494 e. The van der Waals surface area contributed by atoms with Gasteiger partial charge in [-0.1, -0.05) is 12.1 Å². The van der Waals surface area contributed by atoms with Gasteiger partial charge in [-0.15, -0.1) is 0 Å². The first-order chi connectivity index (χ1) is 9.78. The zero-order chi connectivity index (χ0) is 13.9. The molecule has 0 bridgehead atoms. The summed E-state index contributed by atoms with van der Waals surface area (Å²) >= 11 is 0. The standard InChI is InChI=1S/C18H21NO/c1-3-20-18-9-5-8-16(13-18)19(2)17-11-10-14-6-4-7-15(14)12-17/h5,8-13H,3-4,6-7H2,1-2H3. The number of ether oxygens (including phenoxy) is 1. The van der Waals surface area contributed by atoms with Gasteiger partial charge in [-0.2, -0.15) is 0 Å². The average molecular weight is 267 g/mol. The van der Waals surface area contributed by atoms with E-state index in [1.54, 1.807) is 0 Å². The topological polar surface area (TPSA) is 12.5 Å². The number of nitrogens with zero attached hydrogens (tertiary/aromatic N) is 1. The van der Waals surface area contributed by atoms with Gasteiger partial charge in [0, 0.05) is 24.5 Å². The van der Waals surface area contributed by atoms with Crippen LogP contribution in [0.3, 0.4) is 0 Å². The van der Waals surface area contributed by atoms with Crippen LogP contribution in [0.1, 0.15) is 24.5 Å². The highest BCUT2D eigenvalue weighted by Gasteiger charge is 2.13. The van der Waals surface area contributed by atoms with Crippen molar-refractivity contribution in [2.75, 3.05) is 18.6 Å². The smallest absolute Gasteiger partial charge is 0.121 e. The third-order valence-corrected chi connectivity index (χ3v) is 3.99. The second kappa shape index (κ2) is 5.58. The van der Waals surface area contributed by atoms with Crippen molar-refractivity contribution in [3.05, 3.63) is 53.6 Å². The van der Waals surface area contributed by atoms with Crippen LogP contribution >= 0.6 is 0 Å². The third kappa shape index (κ3) is 2.51. The molecule has 0 saturated heterocycles. The molecule has 0 heterocycles. The summed E-state index contributed by atoms with van der Waals surface area (Å²) in [6.07, 6.45) is 3.75. The van der Waals surface area contributed by atoms with E-state index in [9.17, 15) is 0 Å². The molecule has 0 N–H and O–H groups in total. The summed E-state index contributed by atoms with van der Waals surface area (Å²) in [6, 6.07) is 15.1. The van der Waals surface area contributed by atoms with Gasteiger partial charge < -0.3 is 9.64 Å². The molecule has 0 spiro atoms. The van der Waals surface area contributed by atoms with Gasteiger partial charge >= 0.3 is 0 Å².